The maximum atomic E-state index is 9.80. The fourth-order valence-corrected chi connectivity index (χ4v) is 3.87. The molecule has 1 aromatic rings. The summed E-state index contributed by atoms with van der Waals surface area (Å²) in [6.07, 6.45) is 11.2. The van der Waals surface area contributed by atoms with Crippen LogP contribution in [0.5, 0.6) is 5.75 Å². The second-order valence-electron chi connectivity index (χ2n) is 7.70. The van der Waals surface area contributed by atoms with Crippen molar-refractivity contribution in [2.45, 2.75) is 69.9 Å². The summed E-state index contributed by atoms with van der Waals surface area (Å²) in [5.74, 6) is 0.379. The van der Waals surface area contributed by atoms with Gasteiger partial charge in [-0.15, -0.1) is 0 Å². The van der Waals surface area contributed by atoms with E-state index in [1.807, 2.05) is 12.1 Å². The highest BCUT2D eigenvalue weighted by Crippen LogP contribution is 2.31. The fraction of sp³-hybridized carbons (Fsp3) is 0.652. The highest BCUT2D eigenvalue weighted by Gasteiger charge is 2.27. The molecule has 2 aliphatic heterocycles. The van der Waals surface area contributed by atoms with E-state index < -0.39 is 0 Å². The smallest absolute Gasteiger partial charge is 0.164 e. The van der Waals surface area contributed by atoms with Crippen molar-refractivity contribution in [3.63, 3.8) is 0 Å². The maximum absolute atomic E-state index is 9.80. The Morgan fingerprint density at radius 3 is 2.64 bits per heavy atom. The molecule has 0 amide bonds. The molecule has 28 heavy (non-hydrogen) atoms. The van der Waals surface area contributed by atoms with Crippen molar-refractivity contribution in [3.05, 3.63) is 42.0 Å². The van der Waals surface area contributed by atoms with Crippen LogP contribution in [0.15, 0.2) is 36.4 Å². The van der Waals surface area contributed by atoms with Crippen molar-refractivity contribution in [1.82, 2.24) is 0 Å². The maximum Gasteiger partial charge on any atom is 0.164 e. The third-order valence-electron chi connectivity index (χ3n) is 5.46. The van der Waals surface area contributed by atoms with E-state index in [1.165, 1.54) is 0 Å². The van der Waals surface area contributed by atoms with Gasteiger partial charge in [-0.05, 0) is 63.1 Å². The molecule has 0 aromatic heterocycles. The molecule has 3 unspecified atom stereocenters. The highest BCUT2D eigenvalue weighted by molar-refractivity contribution is 5.30. The number of rotatable bonds is 8. The predicted octanol–water partition coefficient (Wildman–Crippen LogP) is 4.55. The van der Waals surface area contributed by atoms with Gasteiger partial charge >= 0.3 is 0 Å². The Labute approximate surface area is 168 Å². The molecule has 0 radical (unpaired) electrons. The van der Waals surface area contributed by atoms with Crippen LogP contribution in [-0.4, -0.2) is 50.0 Å². The molecule has 2 aliphatic rings. The molecule has 1 aromatic carbocycles. The van der Waals surface area contributed by atoms with Gasteiger partial charge in [0.25, 0.3) is 0 Å². The molecule has 3 rings (SSSR count). The van der Waals surface area contributed by atoms with Gasteiger partial charge in [-0.2, -0.15) is 0 Å². The molecule has 2 saturated heterocycles. The summed E-state index contributed by atoms with van der Waals surface area (Å²) in [6, 6.07) is 7.40. The lowest BCUT2D eigenvalue weighted by atomic mass is 9.94. The predicted molar refractivity (Wildman–Crippen MR) is 109 cm³/mol. The van der Waals surface area contributed by atoms with Crippen molar-refractivity contribution in [2.24, 2.45) is 0 Å². The van der Waals surface area contributed by atoms with Gasteiger partial charge in [0.05, 0.1) is 38.6 Å². The minimum Gasteiger partial charge on any atom is -0.508 e. The van der Waals surface area contributed by atoms with Gasteiger partial charge in [0.2, 0.25) is 0 Å². The van der Waals surface area contributed by atoms with Crippen LogP contribution in [0, 0.1) is 0 Å². The second kappa shape index (κ2) is 11.6. The summed E-state index contributed by atoms with van der Waals surface area (Å²) in [4.78, 5) is 0. The van der Waals surface area contributed by atoms with E-state index in [2.05, 4.69) is 19.1 Å². The third kappa shape index (κ3) is 6.89. The zero-order chi connectivity index (χ0) is 19.6. The van der Waals surface area contributed by atoms with E-state index >= 15 is 0 Å². The van der Waals surface area contributed by atoms with Gasteiger partial charge in [0, 0.05) is 5.92 Å². The molecule has 5 heteroatoms. The lowest BCUT2D eigenvalue weighted by Crippen LogP contribution is -2.24. The Bertz CT molecular complexity index is 596. The van der Waals surface area contributed by atoms with Crippen LogP contribution < -0.4 is 0 Å². The summed E-state index contributed by atoms with van der Waals surface area (Å²) < 4.78 is 23.0. The number of hydrogen-bond donors (Lipinski definition) is 1. The number of hydrogen-bond acceptors (Lipinski definition) is 5. The topological polar surface area (TPSA) is 57.2 Å². The number of allylic oxidation sites excluding steroid dienone is 2. The zero-order valence-electron chi connectivity index (χ0n) is 16.9. The number of unbranched alkanes of at least 4 members (excludes halogenated alkanes) is 1. The lowest BCUT2D eigenvalue weighted by Gasteiger charge is -2.24. The molecule has 1 N–H and O–H groups in total. The Morgan fingerprint density at radius 2 is 1.82 bits per heavy atom. The highest BCUT2D eigenvalue weighted by atomic mass is 16.7. The lowest BCUT2D eigenvalue weighted by molar-refractivity contribution is -0.0604. The average Bonchev–Trinajstić information content (AvgIpc) is 3.20. The van der Waals surface area contributed by atoms with Crippen molar-refractivity contribution >= 4 is 0 Å². The average molecular weight is 391 g/mol. The van der Waals surface area contributed by atoms with Crippen LogP contribution >= 0.6 is 0 Å². The van der Waals surface area contributed by atoms with Gasteiger partial charge in [-0.25, -0.2) is 0 Å². The van der Waals surface area contributed by atoms with Crippen LogP contribution in [-0.2, 0) is 18.9 Å². The summed E-state index contributed by atoms with van der Waals surface area (Å²) in [6.45, 7) is 4.83. The van der Waals surface area contributed by atoms with Gasteiger partial charge in [0.1, 0.15) is 5.75 Å². The molecular weight excluding hydrogens is 356 g/mol. The van der Waals surface area contributed by atoms with Gasteiger partial charge in [-0.3, -0.25) is 0 Å². The second-order valence-corrected chi connectivity index (χ2v) is 7.70. The summed E-state index contributed by atoms with van der Waals surface area (Å²) in [5.41, 5.74) is 1.05. The van der Waals surface area contributed by atoms with Gasteiger partial charge < -0.3 is 24.1 Å². The molecular formula is C23H34O5. The third-order valence-corrected chi connectivity index (χ3v) is 5.46. The number of ether oxygens (including phenoxy) is 4. The van der Waals surface area contributed by atoms with Gasteiger partial charge in [0.15, 0.2) is 6.29 Å². The fourth-order valence-electron chi connectivity index (χ4n) is 3.87. The first-order valence-electron chi connectivity index (χ1n) is 10.6. The van der Waals surface area contributed by atoms with Crippen LogP contribution in [0.3, 0.4) is 0 Å². The first-order chi connectivity index (χ1) is 13.7. The van der Waals surface area contributed by atoms with E-state index in [1.54, 1.807) is 12.1 Å². The number of phenolic OH excluding ortho intramolecular Hbond substituents is 1. The Hall–Kier alpha value is -1.40. The van der Waals surface area contributed by atoms with Gasteiger partial charge in [-0.1, -0.05) is 24.3 Å². The van der Waals surface area contributed by atoms with Crippen molar-refractivity contribution < 1.29 is 24.1 Å². The van der Waals surface area contributed by atoms with Crippen LogP contribution in [0.1, 0.15) is 56.9 Å². The van der Waals surface area contributed by atoms with E-state index in [4.69, 9.17) is 18.9 Å². The molecule has 156 valence electrons. The van der Waals surface area contributed by atoms with Crippen LogP contribution in [0.4, 0.5) is 0 Å². The number of benzene rings is 1. The minimum absolute atomic E-state index is 0.0984. The quantitative estimate of drug-likeness (QED) is 0.521. The molecule has 0 saturated carbocycles. The SMILES string of the molecule is CC1CCC(CCC/C=C/CC(c2cccc(O)c2)C2OCCO2)OCCO1. The Balaban J connectivity index is 1.43. The van der Waals surface area contributed by atoms with Crippen molar-refractivity contribution in [1.29, 1.82) is 0 Å². The van der Waals surface area contributed by atoms with Crippen molar-refractivity contribution in [3.8, 4) is 5.75 Å². The summed E-state index contributed by atoms with van der Waals surface area (Å²) in [5, 5.41) is 9.80. The van der Waals surface area contributed by atoms with E-state index in [9.17, 15) is 5.11 Å². The van der Waals surface area contributed by atoms with E-state index in [0.29, 0.717) is 38.6 Å². The summed E-state index contributed by atoms with van der Waals surface area (Å²) >= 11 is 0. The molecule has 2 fully saturated rings. The Morgan fingerprint density at radius 1 is 1.04 bits per heavy atom. The normalized spacial score (nSPS) is 25.6. The van der Waals surface area contributed by atoms with E-state index in [-0.39, 0.29) is 18.0 Å². The zero-order valence-corrected chi connectivity index (χ0v) is 16.9. The minimum atomic E-state index is -0.237. The van der Waals surface area contributed by atoms with Crippen molar-refractivity contribution in [2.75, 3.05) is 26.4 Å². The first-order valence-corrected chi connectivity index (χ1v) is 10.6. The monoisotopic (exact) mass is 390 g/mol. The van der Waals surface area contributed by atoms with E-state index in [0.717, 1.165) is 44.1 Å². The van der Waals surface area contributed by atoms with Crippen LogP contribution in [0.2, 0.25) is 0 Å². The molecule has 2 heterocycles. The molecule has 0 bridgehead atoms. The Kier molecular flexibility index (Phi) is 8.80. The van der Waals surface area contributed by atoms with Crippen LogP contribution in [0.25, 0.3) is 0 Å². The molecule has 5 nitrogen and oxygen atoms in total. The number of phenols is 1. The molecule has 0 aliphatic carbocycles. The molecule has 3 atom stereocenters. The molecule has 0 spiro atoms. The first kappa shape index (κ1) is 21.3. The largest absolute Gasteiger partial charge is 0.508 e. The summed E-state index contributed by atoms with van der Waals surface area (Å²) in [7, 11) is 0. The number of aromatic hydroxyl groups is 1. The standard InChI is InChI=1S/C23H34O5/c1-18-11-12-21(26-14-13-25-18)9-4-2-3-5-10-22(23-27-15-16-28-23)19-7-6-8-20(24)17-19/h3,5-8,17-18,21-24H,2,4,9-16H2,1H3/b5-3+.